The summed E-state index contributed by atoms with van der Waals surface area (Å²) in [4.78, 5) is 21.7. The van der Waals surface area contributed by atoms with E-state index in [-0.39, 0.29) is 29.1 Å². The van der Waals surface area contributed by atoms with E-state index in [1.165, 1.54) is 12.1 Å². The molecule has 0 saturated heterocycles. The highest BCUT2D eigenvalue weighted by atomic mass is 16.6. The van der Waals surface area contributed by atoms with Crippen molar-refractivity contribution in [3.63, 3.8) is 0 Å². The second-order valence-corrected chi connectivity index (χ2v) is 6.43. The molecule has 1 aliphatic heterocycles. The Labute approximate surface area is 144 Å². The van der Waals surface area contributed by atoms with Crippen LogP contribution in [0.15, 0.2) is 54.6 Å². The van der Waals surface area contributed by atoms with E-state index in [0.717, 1.165) is 23.2 Å². The molecule has 1 heterocycles. The molecule has 4 rings (SSSR count). The molecule has 2 aromatic carbocycles. The number of nitro groups is 1. The average molecular weight is 336 g/mol. The molecule has 126 valence electrons. The molecule has 3 atom stereocenters. The van der Waals surface area contributed by atoms with Gasteiger partial charge in [0.25, 0.3) is 5.69 Å². The van der Waals surface area contributed by atoms with E-state index in [0.29, 0.717) is 0 Å². The van der Waals surface area contributed by atoms with E-state index in [2.05, 4.69) is 17.5 Å². The number of non-ortho nitro benzene ring substituents is 1. The first kappa shape index (κ1) is 15.4. The monoisotopic (exact) mass is 336 g/mol. The number of carboxylic acids is 1. The van der Waals surface area contributed by atoms with Gasteiger partial charge in [0, 0.05) is 23.7 Å². The van der Waals surface area contributed by atoms with E-state index >= 15 is 0 Å². The van der Waals surface area contributed by atoms with Crippen LogP contribution in [0.4, 0.5) is 11.4 Å². The number of nitro benzene ring substituents is 1. The zero-order valence-corrected chi connectivity index (χ0v) is 13.3. The summed E-state index contributed by atoms with van der Waals surface area (Å²) >= 11 is 0. The fourth-order valence-electron chi connectivity index (χ4n) is 3.86. The highest BCUT2D eigenvalue weighted by Crippen LogP contribution is 2.50. The highest BCUT2D eigenvalue weighted by Gasteiger charge is 2.38. The Hall–Kier alpha value is -3.15. The molecule has 6 nitrogen and oxygen atoms in total. The Morgan fingerprint density at radius 3 is 2.64 bits per heavy atom. The Bertz CT molecular complexity index is 889. The number of aromatic carboxylic acids is 1. The van der Waals surface area contributed by atoms with Crippen LogP contribution in [0, 0.1) is 16.0 Å². The lowest BCUT2D eigenvalue weighted by molar-refractivity contribution is -0.384. The standard InChI is InChI=1S/C19H16N2O4/c22-19(23)12-6-9-17-16(10-12)14-2-1-3-15(14)18(20-17)11-4-7-13(8-5-11)21(24)25/h1-2,4-10,14-15,18,20H,3H2,(H,22,23)/t14-,15+,18-/m0/s1. The lowest BCUT2D eigenvalue weighted by Gasteiger charge is -2.37. The Morgan fingerprint density at radius 2 is 1.96 bits per heavy atom. The molecule has 0 bridgehead atoms. The van der Waals surface area contributed by atoms with Crippen molar-refractivity contribution in [2.75, 3.05) is 5.32 Å². The molecule has 0 unspecified atom stereocenters. The van der Waals surface area contributed by atoms with Gasteiger partial charge < -0.3 is 10.4 Å². The summed E-state index contributed by atoms with van der Waals surface area (Å²) < 4.78 is 0. The minimum absolute atomic E-state index is 0.0315. The van der Waals surface area contributed by atoms with Gasteiger partial charge in [-0.05, 0) is 41.7 Å². The van der Waals surface area contributed by atoms with Crippen molar-refractivity contribution in [3.8, 4) is 0 Å². The van der Waals surface area contributed by atoms with Crippen molar-refractivity contribution in [2.24, 2.45) is 5.92 Å². The van der Waals surface area contributed by atoms with Crippen molar-refractivity contribution >= 4 is 17.3 Å². The molecule has 1 aliphatic carbocycles. The zero-order valence-electron chi connectivity index (χ0n) is 13.3. The van der Waals surface area contributed by atoms with Gasteiger partial charge in [0.05, 0.1) is 16.5 Å². The minimum atomic E-state index is -0.932. The van der Waals surface area contributed by atoms with Crippen molar-refractivity contribution in [1.82, 2.24) is 0 Å². The smallest absolute Gasteiger partial charge is 0.335 e. The van der Waals surface area contributed by atoms with Crippen LogP contribution in [0.25, 0.3) is 0 Å². The summed E-state index contributed by atoms with van der Waals surface area (Å²) in [6.07, 6.45) is 5.14. The van der Waals surface area contributed by atoms with Crippen molar-refractivity contribution in [3.05, 3.63) is 81.4 Å². The second-order valence-electron chi connectivity index (χ2n) is 6.43. The number of carboxylic acid groups (broad SMARTS) is 1. The highest BCUT2D eigenvalue weighted by molar-refractivity contribution is 5.89. The van der Waals surface area contributed by atoms with Crippen LogP contribution in [0.5, 0.6) is 0 Å². The SMILES string of the molecule is O=C(O)c1ccc2c(c1)[C@H]1C=CC[C@H]1[C@H](c1ccc([N+](=O)[O-])cc1)N2. The normalized spacial score (nSPS) is 23.4. The predicted molar refractivity (Wildman–Crippen MR) is 92.8 cm³/mol. The van der Waals surface area contributed by atoms with Gasteiger partial charge in [-0.2, -0.15) is 0 Å². The van der Waals surface area contributed by atoms with E-state index < -0.39 is 10.9 Å². The Morgan fingerprint density at radius 1 is 1.20 bits per heavy atom. The van der Waals surface area contributed by atoms with Crippen LogP contribution in [-0.2, 0) is 0 Å². The van der Waals surface area contributed by atoms with Gasteiger partial charge in [0.2, 0.25) is 0 Å². The lowest BCUT2D eigenvalue weighted by atomic mass is 9.76. The number of anilines is 1. The Kier molecular flexibility index (Phi) is 3.53. The third-order valence-electron chi connectivity index (χ3n) is 5.07. The molecule has 0 fully saturated rings. The number of benzene rings is 2. The fourth-order valence-corrected chi connectivity index (χ4v) is 3.86. The second kappa shape index (κ2) is 5.73. The van der Waals surface area contributed by atoms with Crippen molar-refractivity contribution in [2.45, 2.75) is 18.4 Å². The summed E-state index contributed by atoms with van der Waals surface area (Å²) in [5.41, 5.74) is 3.27. The van der Waals surface area contributed by atoms with Crippen molar-refractivity contribution < 1.29 is 14.8 Å². The maximum Gasteiger partial charge on any atom is 0.335 e. The molecule has 0 saturated carbocycles. The zero-order chi connectivity index (χ0) is 17.6. The number of nitrogens with one attached hydrogen (secondary N) is 1. The fraction of sp³-hybridized carbons (Fsp3) is 0.211. The van der Waals surface area contributed by atoms with E-state index in [1.54, 1.807) is 30.3 Å². The number of rotatable bonds is 3. The number of allylic oxidation sites excluding steroid dienone is 2. The van der Waals surface area contributed by atoms with Crippen molar-refractivity contribution in [1.29, 1.82) is 0 Å². The van der Waals surface area contributed by atoms with Gasteiger partial charge in [0.15, 0.2) is 0 Å². The first-order valence-electron chi connectivity index (χ1n) is 8.09. The number of nitrogens with zero attached hydrogens (tertiary/aromatic N) is 1. The molecule has 0 spiro atoms. The molecule has 2 aromatic rings. The summed E-state index contributed by atoms with van der Waals surface area (Å²) in [7, 11) is 0. The van der Waals surface area contributed by atoms with Crippen LogP contribution < -0.4 is 5.32 Å². The van der Waals surface area contributed by atoms with Gasteiger partial charge in [-0.1, -0.05) is 24.3 Å². The topological polar surface area (TPSA) is 92.5 Å². The van der Waals surface area contributed by atoms with E-state index in [9.17, 15) is 20.0 Å². The van der Waals surface area contributed by atoms with Gasteiger partial charge in [-0.3, -0.25) is 10.1 Å². The van der Waals surface area contributed by atoms with Gasteiger partial charge in [-0.15, -0.1) is 0 Å². The van der Waals surface area contributed by atoms with Crippen LogP contribution in [0.2, 0.25) is 0 Å². The number of hydrogen-bond donors (Lipinski definition) is 2. The summed E-state index contributed by atoms with van der Waals surface area (Å²) in [5.74, 6) is -0.521. The summed E-state index contributed by atoms with van der Waals surface area (Å²) in [6, 6.07) is 11.8. The largest absolute Gasteiger partial charge is 0.478 e. The maximum absolute atomic E-state index is 11.3. The van der Waals surface area contributed by atoms with Crippen LogP contribution in [0.1, 0.15) is 39.9 Å². The maximum atomic E-state index is 11.3. The molecule has 25 heavy (non-hydrogen) atoms. The van der Waals surface area contributed by atoms with Crippen LogP contribution in [0.3, 0.4) is 0 Å². The summed E-state index contributed by atoms with van der Waals surface area (Å²) in [6.45, 7) is 0. The number of fused-ring (bicyclic) bond motifs is 3. The molecule has 2 N–H and O–H groups in total. The average Bonchev–Trinajstić information content (AvgIpc) is 3.10. The minimum Gasteiger partial charge on any atom is -0.478 e. The molecule has 6 heteroatoms. The first-order chi connectivity index (χ1) is 12.0. The number of carbonyl (C=O) groups is 1. The van der Waals surface area contributed by atoms with Gasteiger partial charge >= 0.3 is 5.97 Å². The first-order valence-corrected chi connectivity index (χ1v) is 8.09. The molecule has 2 aliphatic rings. The third kappa shape index (κ3) is 2.55. The molecule has 0 amide bonds. The van der Waals surface area contributed by atoms with E-state index in [4.69, 9.17) is 0 Å². The molecule has 0 radical (unpaired) electrons. The predicted octanol–water partition coefficient (Wildman–Crippen LogP) is 4.12. The number of hydrogen-bond acceptors (Lipinski definition) is 4. The van der Waals surface area contributed by atoms with E-state index in [1.807, 2.05) is 0 Å². The quantitative estimate of drug-likeness (QED) is 0.500. The molecular weight excluding hydrogens is 320 g/mol. The van der Waals surface area contributed by atoms with Gasteiger partial charge in [-0.25, -0.2) is 4.79 Å². The summed E-state index contributed by atoms with van der Waals surface area (Å²) in [5, 5.41) is 23.6. The molecular formula is C19H16N2O4. The van der Waals surface area contributed by atoms with Crippen LogP contribution >= 0.6 is 0 Å². The molecule has 0 aromatic heterocycles. The van der Waals surface area contributed by atoms with Gasteiger partial charge in [0.1, 0.15) is 0 Å². The lowest BCUT2D eigenvalue weighted by Crippen LogP contribution is -2.29. The third-order valence-corrected chi connectivity index (χ3v) is 5.07. The Balaban J connectivity index is 1.72. The van der Waals surface area contributed by atoms with Crippen LogP contribution in [-0.4, -0.2) is 16.0 Å².